The Morgan fingerprint density at radius 3 is 0.236 bits per heavy atom. The number of aliphatic hydroxyl groups excluding tert-OH is 1. The summed E-state index contributed by atoms with van der Waals surface area (Å²) in [6.07, 6.45) is -12.4. The zero-order valence-electron chi connectivity index (χ0n) is 44.9. The van der Waals surface area contributed by atoms with Crippen molar-refractivity contribution >= 4 is 0 Å². The van der Waals surface area contributed by atoms with Gasteiger partial charge in [0.15, 0.2) is 0 Å². The van der Waals surface area contributed by atoms with Crippen LogP contribution in [0.1, 0.15) is 6.42 Å². The number of hydrogen-bond donors (Lipinski definition) is 1. The molecular formula is C36H5F69O. The second-order valence-corrected chi connectivity index (χ2v) is 20.1. The van der Waals surface area contributed by atoms with Crippen molar-refractivity contribution in [1.29, 1.82) is 0 Å². The van der Waals surface area contributed by atoms with Crippen molar-refractivity contribution < 1.29 is 308 Å². The summed E-state index contributed by atoms with van der Waals surface area (Å²) in [5, 5.41) is 8.06. The second-order valence-electron chi connectivity index (χ2n) is 20.1. The molecule has 0 atom stereocenters. The summed E-state index contributed by atoms with van der Waals surface area (Å²) in [5.74, 6) is -354. The highest BCUT2D eigenvalue weighted by Gasteiger charge is 3.07. The number of hydrogen-bond acceptors (Lipinski definition) is 1. The zero-order valence-corrected chi connectivity index (χ0v) is 44.9. The molecule has 0 aromatic carbocycles. The van der Waals surface area contributed by atoms with Crippen molar-refractivity contribution in [3.05, 3.63) is 0 Å². The number of halogens is 69. The molecule has 0 fully saturated rings. The van der Waals surface area contributed by atoms with Gasteiger partial charge in [-0.2, -0.15) is 303 Å². The number of rotatable bonds is 34. The SMILES string of the molecule is OCCC(F)(F)C(F)(F)C(F)(F)C(F)(F)C(F)(F)C(F)(F)C(F)(F)C(F)(F)C(F)(F)C(F)(F)C(F)(F)C(F)(F)C(F)(F)C(F)(F)C(F)(F)C(F)(F)C(F)(F)C(F)(F)C(F)(F)C(F)(F)C(F)(F)C(F)(F)C(F)(F)C(F)(F)C(F)(F)C(F)(F)C(F)(F)C(F)(F)C(F)(F)C(F)(F)C(F)(F)C(F)(F)C(F)(F)C(F)(F)F. The van der Waals surface area contributed by atoms with E-state index in [1.165, 1.54) is 0 Å². The Morgan fingerprint density at radius 1 is 0.104 bits per heavy atom. The van der Waals surface area contributed by atoms with Crippen molar-refractivity contribution in [1.82, 2.24) is 0 Å². The fourth-order valence-electron chi connectivity index (χ4n) is 6.62. The van der Waals surface area contributed by atoms with Crippen LogP contribution in [0.3, 0.4) is 0 Å². The topological polar surface area (TPSA) is 20.2 Å². The molecule has 70 heteroatoms. The molecule has 0 spiro atoms. The van der Waals surface area contributed by atoms with Crippen molar-refractivity contribution in [2.75, 3.05) is 6.61 Å². The fraction of sp³-hybridized carbons (Fsp3) is 1.00. The summed E-state index contributed by atoms with van der Waals surface area (Å²) < 4.78 is 965. The first-order chi connectivity index (χ1) is 44.3. The van der Waals surface area contributed by atoms with Crippen molar-refractivity contribution in [3.63, 3.8) is 0 Å². The average Bonchev–Trinajstić information content (AvgIpc) is 0.678. The van der Waals surface area contributed by atoms with Gasteiger partial charge in [0.05, 0.1) is 0 Å². The van der Waals surface area contributed by atoms with E-state index >= 15 is 0 Å². The molecule has 1 nitrogen and oxygen atoms in total. The van der Waals surface area contributed by atoms with Crippen LogP contribution in [0.15, 0.2) is 0 Å². The van der Waals surface area contributed by atoms with E-state index in [4.69, 9.17) is 5.11 Å². The van der Waals surface area contributed by atoms with Crippen molar-refractivity contribution in [2.45, 2.75) is 208 Å². The van der Waals surface area contributed by atoms with Gasteiger partial charge in [-0.3, -0.25) is 0 Å². The summed E-state index contributed by atoms with van der Waals surface area (Å²) in [5.41, 5.74) is 0. The fourth-order valence-corrected chi connectivity index (χ4v) is 6.62. The Bertz CT molecular complexity index is 3120. The van der Waals surface area contributed by atoms with Gasteiger partial charge in [0, 0.05) is 13.0 Å². The van der Waals surface area contributed by atoms with Crippen molar-refractivity contribution in [3.8, 4) is 0 Å². The van der Waals surface area contributed by atoms with E-state index in [1.807, 2.05) is 0 Å². The third-order valence-corrected chi connectivity index (χ3v) is 13.5. The van der Waals surface area contributed by atoms with Gasteiger partial charge in [-0.05, 0) is 0 Å². The molecule has 0 unspecified atom stereocenters. The molecule has 0 aliphatic rings. The van der Waals surface area contributed by atoms with E-state index in [0.717, 1.165) is 0 Å². The number of alkyl halides is 69. The molecule has 0 saturated carbocycles. The first-order valence-corrected chi connectivity index (χ1v) is 22.5. The predicted octanol–water partition coefficient (Wildman–Crippen LogP) is 21.9. The Balaban J connectivity index is 8.50. The molecule has 0 amide bonds. The molecule has 0 aliphatic heterocycles. The van der Waals surface area contributed by atoms with Gasteiger partial charge >= 0.3 is 202 Å². The molecule has 638 valence electrons. The van der Waals surface area contributed by atoms with Gasteiger partial charge in [-0.1, -0.05) is 0 Å². The van der Waals surface area contributed by atoms with E-state index in [1.54, 1.807) is 0 Å². The normalized spacial score (nSPS) is 17.6. The van der Waals surface area contributed by atoms with Gasteiger partial charge in [0.2, 0.25) is 0 Å². The third-order valence-electron chi connectivity index (χ3n) is 13.5. The van der Waals surface area contributed by atoms with E-state index in [9.17, 15) is 303 Å². The van der Waals surface area contributed by atoms with Crippen LogP contribution in [0.25, 0.3) is 0 Å². The molecule has 106 heavy (non-hydrogen) atoms. The molecule has 0 aliphatic carbocycles. The lowest BCUT2D eigenvalue weighted by Gasteiger charge is -2.48. The van der Waals surface area contributed by atoms with Crippen LogP contribution in [0.2, 0.25) is 0 Å². The maximum absolute atomic E-state index is 14.3. The Kier molecular flexibility index (Phi) is 23.2. The standard InChI is InChI=1S/C36H5F69O/c37-3(38,1-2-106)4(39,40)5(41,42)6(43,44)7(45,46)8(47,48)9(49,50)10(51,52)11(53,54)12(55,56)13(57,58)14(59,60)15(61,62)16(63,64)17(65,66)18(67,68)19(69,70)20(71,72)21(73,74)22(75,76)23(77,78)24(79,80)25(81,82)26(83,84)27(85,86)28(87,88)29(89,90)30(91,92)31(93,94)32(95,96)33(97,98)34(99,100)35(101,102)36(103,104)105/h106H,1-2H2. The van der Waals surface area contributed by atoms with Crippen LogP contribution in [-0.4, -0.2) is 213 Å². The van der Waals surface area contributed by atoms with Crippen LogP contribution in [0, 0.1) is 0 Å². The summed E-state index contributed by atoms with van der Waals surface area (Å²) in [6.45, 7) is -2.88. The molecule has 0 rings (SSSR count). The predicted molar refractivity (Wildman–Crippen MR) is 181 cm³/mol. The minimum atomic E-state index is -11.4. The largest absolute Gasteiger partial charge is 0.460 e. The molecule has 0 heterocycles. The first kappa shape index (κ1) is 101. The quantitative estimate of drug-likeness (QED) is 0.0637. The molecule has 0 saturated heterocycles. The summed E-state index contributed by atoms with van der Waals surface area (Å²) >= 11 is 0. The number of aliphatic hydroxyl groups is 1. The van der Waals surface area contributed by atoms with Gasteiger partial charge in [-0.15, -0.1) is 0 Å². The van der Waals surface area contributed by atoms with E-state index in [2.05, 4.69) is 0 Å². The Hall–Kier alpha value is -4.87. The van der Waals surface area contributed by atoms with Crippen molar-refractivity contribution in [2.24, 2.45) is 0 Å². The molecule has 0 radical (unpaired) electrons. The minimum absolute atomic E-state index is 2.88. The molecule has 0 bridgehead atoms. The summed E-state index contributed by atoms with van der Waals surface area (Å²) in [6, 6.07) is 0. The summed E-state index contributed by atoms with van der Waals surface area (Å²) in [7, 11) is 0. The molecule has 0 aromatic rings. The maximum Gasteiger partial charge on any atom is 0.460 e. The van der Waals surface area contributed by atoms with E-state index < -0.39 is 215 Å². The lowest BCUT2D eigenvalue weighted by molar-refractivity contribution is -0.502. The lowest BCUT2D eigenvalue weighted by Crippen LogP contribution is -2.81. The molecular weight excluding hydrogens is 1760 g/mol. The van der Waals surface area contributed by atoms with Gasteiger partial charge in [-0.25, -0.2) is 0 Å². The van der Waals surface area contributed by atoms with Crippen LogP contribution >= 0.6 is 0 Å². The maximum atomic E-state index is 14.3. The third kappa shape index (κ3) is 10.9. The highest BCUT2D eigenvalue weighted by molar-refractivity contribution is 5.27. The Labute approximate surface area is 524 Å². The van der Waals surface area contributed by atoms with Crippen LogP contribution in [-0.2, 0) is 0 Å². The monoisotopic (exact) mass is 1760 g/mol. The van der Waals surface area contributed by atoms with Gasteiger partial charge < -0.3 is 5.11 Å². The zero-order chi connectivity index (χ0) is 88.4. The minimum Gasteiger partial charge on any atom is -0.396 e. The highest BCUT2D eigenvalue weighted by Crippen LogP contribution is 2.75. The van der Waals surface area contributed by atoms with Crippen LogP contribution in [0.4, 0.5) is 303 Å². The van der Waals surface area contributed by atoms with E-state index in [0.29, 0.717) is 0 Å². The molecule has 1 N–H and O–H groups in total. The van der Waals surface area contributed by atoms with Crippen LogP contribution in [0.5, 0.6) is 0 Å². The highest BCUT2D eigenvalue weighted by atomic mass is 19.5. The average molecular weight is 1760 g/mol. The van der Waals surface area contributed by atoms with E-state index in [-0.39, 0.29) is 0 Å². The first-order valence-electron chi connectivity index (χ1n) is 22.5. The van der Waals surface area contributed by atoms with Crippen LogP contribution < -0.4 is 0 Å². The lowest BCUT2D eigenvalue weighted by atomic mass is 9.80. The molecule has 0 aromatic heterocycles. The van der Waals surface area contributed by atoms with Gasteiger partial charge in [0.25, 0.3) is 0 Å². The second kappa shape index (κ2) is 24.3. The smallest absolute Gasteiger partial charge is 0.396 e. The Morgan fingerprint density at radius 2 is 0.170 bits per heavy atom. The summed E-state index contributed by atoms with van der Waals surface area (Å²) in [4.78, 5) is 0. The van der Waals surface area contributed by atoms with Gasteiger partial charge in [0.1, 0.15) is 0 Å².